The molecule has 1 N–H and O–H groups in total. The van der Waals surface area contributed by atoms with Crippen LogP contribution in [-0.2, 0) is 9.59 Å². The minimum Gasteiger partial charge on any atom is -0.355 e. The van der Waals surface area contributed by atoms with Gasteiger partial charge in [-0.25, -0.2) is 0 Å². The first-order valence-corrected chi connectivity index (χ1v) is 11.3. The molecule has 1 unspecified atom stereocenters. The van der Waals surface area contributed by atoms with Gasteiger partial charge in [-0.1, -0.05) is 30.3 Å². The first-order valence-electron chi connectivity index (χ1n) is 11.3. The molecule has 0 aromatic heterocycles. The van der Waals surface area contributed by atoms with Crippen molar-refractivity contribution >= 4 is 11.8 Å². The van der Waals surface area contributed by atoms with Crippen LogP contribution in [0.4, 0.5) is 0 Å². The van der Waals surface area contributed by atoms with Gasteiger partial charge < -0.3 is 10.2 Å². The molecule has 0 spiro atoms. The van der Waals surface area contributed by atoms with Crippen molar-refractivity contribution in [1.82, 2.24) is 10.2 Å². The summed E-state index contributed by atoms with van der Waals surface area (Å²) in [6.07, 6.45) is 9.81. The highest BCUT2D eigenvalue weighted by Gasteiger charge is 2.54. The number of hydrogen-bond acceptors (Lipinski definition) is 2. The zero-order valence-electron chi connectivity index (χ0n) is 16.7. The quantitative estimate of drug-likeness (QED) is 0.837. The Morgan fingerprint density at radius 3 is 2.29 bits per heavy atom. The predicted octanol–water partition coefficient (Wildman–Crippen LogP) is 4.07. The number of carbonyl (C=O) groups excluding carboxylic acids is 2. The summed E-state index contributed by atoms with van der Waals surface area (Å²) in [5.41, 5.74) is 1.11. The Balaban J connectivity index is 1.16. The summed E-state index contributed by atoms with van der Waals surface area (Å²) in [5.74, 6) is 2.73. The number of nitrogens with zero attached hydrogens (tertiary/aromatic N) is 1. The Hall–Kier alpha value is -1.84. The highest BCUT2D eigenvalue weighted by Crippen LogP contribution is 2.60. The van der Waals surface area contributed by atoms with E-state index < -0.39 is 0 Å². The molecule has 5 fully saturated rings. The lowest BCUT2D eigenvalue weighted by Crippen LogP contribution is -2.53. The third kappa shape index (κ3) is 3.25. The topological polar surface area (TPSA) is 49.4 Å². The number of nitrogens with one attached hydrogen (secondary N) is 1. The van der Waals surface area contributed by atoms with Crippen molar-refractivity contribution in [2.75, 3.05) is 13.1 Å². The third-order valence-electron chi connectivity index (χ3n) is 7.90. The van der Waals surface area contributed by atoms with E-state index >= 15 is 0 Å². The van der Waals surface area contributed by atoms with Gasteiger partial charge in [0.1, 0.15) is 0 Å². The monoisotopic (exact) mass is 380 g/mol. The summed E-state index contributed by atoms with van der Waals surface area (Å²) in [7, 11) is 0. The number of hydrogen-bond donors (Lipinski definition) is 1. The molecule has 1 atom stereocenters. The van der Waals surface area contributed by atoms with Gasteiger partial charge in [-0.3, -0.25) is 9.59 Å². The van der Waals surface area contributed by atoms with E-state index in [0.29, 0.717) is 13.0 Å². The van der Waals surface area contributed by atoms with Crippen LogP contribution in [0.25, 0.3) is 0 Å². The Morgan fingerprint density at radius 1 is 1.00 bits per heavy atom. The first-order chi connectivity index (χ1) is 13.6. The highest BCUT2D eigenvalue weighted by atomic mass is 16.2. The van der Waals surface area contributed by atoms with Crippen molar-refractivity contribution < 1.29 is 9.59 Å². The van der Waals surface area contributed by atoms with Gasteiger partial charge in [-0.2, -0.15) is 0 Å². The van der Waals surface area contributed by atoms with Crippen molar-refractivity contribution in [2.24, 2.45) is 23.2 Å². The second-order valence-corrected chi connectivity index (χ2v) is 9.86. The van der Waals surface area contributed by atoms with Crippen LogP contribution in [0.5, 0.6) is 0 Å². The Bertz CT molecular complexity index is 709. The van der Waals surface area contributed by atoms with Gasteiger partial charge in [0.2, 0.25) is 11.8 Å². The van der Waals surface area contributed by atoms with Crippen LogP contribution in [0.2, 0.25) is 0 Å². The van der Waals surface area contributed by atoms with E-state index in [4.69, 9.17) is 0 Å². The fourth-order valence-corrected chi connectivity index (χ4v) is 7.09. The van der Waals surface area contributed by atoms with Gasteiger partial charge in [-0.05, 0) is 74.7 Å². The normalized spacial score (nSPS) is 35.9. The number of benzene rings is 1. The Labute approximate surface area is 168 Å². The number of amides is 2. The van der Waals surface area contributed by atoms with Crippen LogP contribution in [0.15, 0.2) is 30.3 Å². The largest absolute Gasteiger partial charge is 0.355 e. The van der Waals surface area contributed by atoms with Crippen molar-refractivity contribution in [3.63, 3.8) is 0 Å². The van der Waals surface area contributed by atoms with Gasteiger partial charge in [0.05, 0.1) is 6.04 Å². The molecule has 5 aliphatic rings. The summed E-state index contributed by atoms with van der Waals surface area (Å²) in [5, 5.41) is 3.16. The maximum atomic E-state index is 13.0. The van der Waals surface area contributed by atoms with E-state index in [1.165, 1.54) is 24.8 Å². The Kier molecular flexibility index (Phi) is 4.68. The minimum absolute atomic E-state index is 0.113. The molecule has 4 nitrogen and oxygen atoms in total. The molecule has 0 radical (unpaired) electrons. The van der Waals surface area contributed by atoms with Gasteiger partial charge in [0.15, 0.2) is 0 Å². The summed E-state index contributed by atoms with van der Waals surface area (Å²) >= 11 is 0. The number of rotatable bonds is 5. The molecule has 6 rings (SSSR count). The predicted molar refractivity (Wildman–Crippen MR) is 108 cm³/mol. The molecule has 4 aliphatic carbocycles. The van der Waals surface area contributed by atoms with Crippen molar-refractivity contribution in [3.05, 3.63) is 35.9 Å². The molecule has 4 heteroatoms. The fourth-order valence-electron chi connectivity index (χ4n) is 7.09. The molecule has 4 bridgehead atoms. The van der Waals surface area contributed by atoms with Crippen molar-refractivity contribution in [3.8, 4) is 0 Å². The standard InChI is InChI=1S/C24H32N2O2/c27-22(26-10-4-7-21(26)20-5-2-1-3-6-20)8-9-25-23(28)24-14-17-11-18(15-24)13-19(12-17)16-24/h1-3,5-6,17-19,21H,4,7-16H2,(H,25,28). The number of carbonyl (C=O) groups is 2. The lowest BCUT2D eigenvalue weighted by Gasteiger charge is -2.55. The number of likely N-dealkylation sites (tertiary alicyclic amines) is 1. The molecule has 1 aliphatic heterocycles. The van der Waals surface area contributed by atoms with Crippen LogP contribution in [-0.4, -0.2) is 29.8 Å². The van der Waals surface area contributed by atoms with Crippen LogP contribution in [0.3, 0.4) is 0 Å². The van der Waals surface area contributed by atoms with Crippen LogP contribution in [0, 0.1) is 23.2 Å². The molecule has 1 aromatic rings. The highest BCUT2D eigenvalue weighted by molar-refractivity contribution is 5.84. The molecule has 1 heterocycles. The zero-order chi connectivity index (χ0) is 19.1. The molecular formula is C24H32N2O2. The van der Waals surface area contributed by atoms with Crippen molar-refractivity contribution in [2.45, 2.75) is 63.8 Å². The summed E-state index contributed by atoms with van der Waals surface area (Å²) < 4.78 is 0. The van der Waals surface area contributed by atoms with Gasteiger partial charge in [-0.15, -0.1) is 0 Å². The van der Waals surface area contributed by atoms with Gasteiger partial charge in [0.25, 0.3) is 0 Å². The lowest BCUT2D eigenvalue weighted by atomic mass is 9.49. The maximum absolute atomic E-state index is 13.0. The molecule has 1 saturated heterocycles. The van der Waals surface area contributed by atoms with Crippen LogP contribution < -0.4 is 5.32 Å². The van der Waals surface area contributed by atoms with E-state index in [2.05, 4.69) is 17.4 Å². The molecule has 28 heavy (non-hydrogen) atoms. The van der Waals surface area contributed by atoms with Crippen LogP contribution >= 0.6 is 0 Å². The zero-order valence-corrected chi connectivity index (χ0v) is 16.7. The van der Waals surface area contributed by atoms with Gasteiger partial charge in [0, 0.05) is 24.9 Å². The Morgan fingerprint density at radius 2 is 1.64 bits per heavy atom. The second kappa shape index (κ2) is 7.20. The molecule has 4 saturated carbocycles. The second-order valence-electron chi connectivity index (χ2n) is 9.86. The molecule has 150 valence electrons. The summed E-state index contributed by atoms with van der Waals surface area (Å²) in [4.78, 5) is 27.9. The fraction of sp³-hybridized carbons (Fsp3) is 0.667. The molecular weight excluding hydrogens is 348 g/mol. The first kappa shape index (κ1) is 18.2. The summed E-state index contributed by atoms with van der Waals surface area (Å²) in [6, 6.07) is 10.5. The van der Waals surface area contributed by atoms with Crippen molar-refractivity contribution in [1.29, 1.82) is 0 Å². The maximum Gasteiger partial charge on any atom is 0.226 e. The van der Waals surface area contributed by atoms with E-state index in [9.17, 15) is 9.59 Å². The summed E-state index contributed by atoms with van der Waals surface area (Å²) in [6.45, 7) is 1.32. The SMILES string of the molecule is O=C(CCNC(=O)C12CC3CC(CC(C3)C1)C2)N1CCCC1c1ccccc1. The van der Waals surface area contributed by atoms with Gasteiger partial charge >= 0.3 is 0 Å². The third-order valence-corrected chi connectivity index (χ3v) is 7.90. The van der Waals surface area contributed by atoms with Crippen LogP contribution in [0.1, 0.15) is 69.4 Å². The smallest absolute Gasteiger partial charge is 0.226 e. The lowest BCUT2D eigenvalue weighted by molar-refractivity contribution is -0.146. The van der Waals surface area contributed by atoms with E-state index in [0.717, 1.165) is 56.4 Å². The average molecular weight is 381 g/mol. The van der Waals surface area contributed by atoms with E-state index in [1.807, 2.05) is 23.1 Å². The minimum atomic E-state index is -0.113. The molecule has 2 amide bonds. The average Bonchev–Trinajstić information content (AvgIpc) is 3.17. The van der Waals surface area contributed by atoms with E-state index in [-0.39, 0.29) is 23.3 Å². The van der Waals surface area contributed by atoms with E-state index in [1.54, 1.807) is 0 Å². The molecule has 1 aromatic carbocycles.